The molecule has 0 radical (unpaired) electrons. The van der Waals surface area contributed by atoms with Gasteiger partial charge in [0.15, 0.2) is 11.5 Å². The Kier molecular flexibility index (Phi) is 4.51. The van der Waals surface area contributed by atoms with Gasteiger partial charge in [-0.15, -0.1) is 0 Å². The Balaban J connectivity index is 3.26. The summed E-state index contributed by atoms with van der Waals surface area (Å²) < 4.78 is 10.9. The van der Waals surface area contributed by atoms with Crippen molar-refractivity contribution in [1.82, 2.24) is 0 Å². The summed E-state index contributed by atoms with van der Waals surface area (Å²) in [7, 11) is 3.04. The highest BCUT2D eigenvalue weighted by atomic mass is 79.9. The zero-order chi connectivity index (χ0) is 13.0. The molecule has 17 heavy (non-hydrogen) atoms. The summed E-state index contributed by atoms with van der Waals surface area (Å²) >= 11 is 3.33. The minimum atomic E-state index is -0.441. The van der Waals surface area contributed by atoms with Crippen molar-refractivity contribution in [3.63, 3.8) is 0 Å². The number of hydrogen-bond acceptors (Lipinski definition) is 4. The molecule has 1 rings (SSSR count). The van der Waals surface area contributed by atoms with Crippen LogP contribution in [0, 0.1) is 10.1 Å². The van der Waals surface area contributed by atoms with Gasteiger partial charge in [-0.05, 0) is 17.7 Å². The molecule has 0 amide bonds. The molecule has 0 unspecified atom stereocenters. The van der Waals surface area contributed by atoms with E-state index in [0.29, 0.717) is 21.5 Å². The van der Waals surface area contributed by atoms with Gasteiger partial charge in [0.2, 0.25) is 5.70 Å². The summed E-state index contributed by atoms with van der Waals surface area (Å²) in [6.07, 6.45) is 1.46. The Morgan fingerprint density at radius 3 is 2.35 bits per heavy atom. The van der Waals surface area contributed by atoms with Crippen LogP contribution in [0.1, 0.15) is 12.5 Å². The van der Waals surface area contributed by atoms with E-state index in [1.807, 2.05) is 0 Å². The molecule has 6 heteroatoms. The molecular formula is C11H12BrNO4. The summed E-state index contributed by atoms with van der Waals surface area (Å²) in [5, 5.41) is 10.6. The summed E-state index contributed by atoms with van der Waals surface area (Å²) in [4.78, 5) is 10.1. The number of halogens is 1. The van der Waals surface area contributed by atoms with Crippen molar-refractivity contribution in [2.75, 3.05) is 14.2 Å². The first kappa shape index (κ1) is 13.5. The molecular weight excluding hydrogens is 290 g/mol. The zero-order valence-corrected chi connectivity index (χ0v) is 11.3. The first-order chi connectivity index (χ1) is 7.99. The molecule has 0 bridgehead atoms. The largest absolute Gasteiger partial charge is 0.493 e. The van der Waals surface area contributed by atoms with E-state index in [2.05, 4.69) is 15.9 Å². The molecule has 1 aromatic rings. The van der Waals surface area contributed by atoms with Gasteiger partial charge < -0.3 is 9.47 Å². The van der Waals surface area contributed by atoms with Crippen molar-refractivity contribution < 1.29 is 14.4 Å². The lowest BCUT2D eigenvalue weighted by molar-refractivity contribution is -0.422. The number of hydrogen-bond donors (Lipinski definition) is 0. The third kappa shape index (κ3) is 3.20. The van der Waals surface area contributed by atoms with Crippen LogP contribution in [-0.4, -0.2) is 19.1 Å². The molecule has 5 nitrogen and oxygen atoms in total. The maximum atomic E-state index is 10.6. The van der Waals surface area contributed by atoms with Crippen molar-refractivity contribution >= 4 is 22.0 Å². The minimum absolute atomic E-state index is 0.0536. The number of allylic oxidation sites excluding steroid dienone is 1. The molecule has 0 spiro atoms. The lowest BCUT2D eigenvalue weighted by Crippen LogP contribution is -1.95. The summed E-state index contributed by atoms with van der Waals surface area (Å²) in [5.41, 5.74) is 0.717. The maximum Gasteiger partial charge on any atom is 0.243 e. The van der Waals surface area contributed by atoms with Crippen LogP contribution in [-0.2, 0) is 0 Å². The van der Waals surface area contributed by atoms with Gasteiger partial charge in [0.1, 0.15) is 0 Å². The van der Waals surface area contributed by atoms with Gasteiger partial charge >= 0.3 is 0 Å². The van der Waals surface area contributed by atoms with E-state index in [0.717, 1.165) is 0 Å². The number of nitrogens with zero attached hydrogens (tertiary/aromatic N) is 1. The van der Waals surface area contributed by atoms with Gasteiger partial charge in [-0.2, -0.15) is 0 Å². The number of benzene rings is 1. The van der Waals surface area contributed by atoms with Crippen LogP contribution in [0.4, 0.5) is 0 Å². The molecule has 0 N–H and O–H groups in total. The molecule has 0 saturated carbocycles. The Morgan fingerprint density at radius 2 is 1.88 bits per heavy atom. The average molecular weight is 302 g/mol. The van der Waals surface area contributed by atoms with Crippen LogP contribution >= 0.6 is 15.9 Å². The second-order valence-corrected chi connectivity index (χ2v) is 4.13. The van der Waals surface area contributed by atoms with Crippen molar-refractivity contribution in [2.24, 2.45) is 0 Å². The van der Waals surface area contributed by atoms with E-state index in [-0.39, 0.29) is 5.70 Å². The van der Waals surface area contributed by atoms with Crippen LogP contribution < -0.4 is 9.47 Å². The molecule has 1 aromatic carbocycles. The fourth-order valence-electron chi connectivity index (χ4n) is 1.26. The maximum absolute atomic E-state index is 10.6. The fraction of sp³-hybridized carbons (Fsp3) is 0.273. The lowest BCUT2D eigenvalue weighted by Gasteiger charge is -2.09. The van der Waals surface area contributed by atoms with Crippen LogP contribution in [0.3, 0.4) is 0 Å². The quantitative estimate of drug-likeness (QED) is 0.633. The third-order valence-corrected chi connectivity index (χ3v) is 2.84. The van der Waals surface area contributed by atoms with E-state index in [4.69, 9.17) is 9.47 Å². The van der Waals surface area contributed by atoms with Gasteiger partial charge in [-0.1, -0.05) is 15.9 Å². The van der Waals surface area contributed by atoms with Gasteiger partial charge in [0.25, 0.3) is 0 Å². The third-order valence-electron chi connectivity index (χ3n) is 2.16. The van der Waals surface area contributed by atoms with Crippen LogP contribution in [0.2, 0.25) is 0 Å². The number of ether oxygens (including phenoxy) is 2. The molecule has 92 valence electrons. The van der Waals surface area contributed by atoms with Gasteiger partial charge in [-0.25, -0.2) is 0 Å². The zero-order valence-electron chi connectivity index (χ0n) is 9.69. The molecule has 0 fully saturated rings. The minimum Gasteiger partial charge on any atom is -0.493 e. The highest BCUT2D eigenvalue weighted by Crippen LogP contribution is 2.34. The highest BCUT2D eigenvalue weighted by molar-refractivity contribution is 9.10. The highest BCUT2D eigenvalue weighted by Gasteiger charge is 2.10. The van der Waals surface area contributed by atoms with E-state index < -0.39 is 4.92 Å². The molecule has 0 aliphatic heterocycles. The van der Waals surface area contributed by atoms with Crippen LogP contribution in [0.25, 0.3) is 6.08 Å². The van der Waals surface area contributed by atoms with E-state index in [9.17, 15) is 10.1 Å². The average Bonchev–Trinajstić information content (AvgIpc) is 2.30. The number of nitro groups is 1. The van der Waals surface area contributed by atoms with Crippen LogP contribution in [0.5, 0.6) is 11.5 Å². The van der Waals surface area contributed by atoms with E-state index in [1.165, 1.54) is 27.2 Å². The molecule has 0 aliphatic rings. The Hall–Kier alpha value is -1.56. The monoisotopic (exact) mass is 301 g/mol. The smallest absolute Gasteiger partial charge is 0.243 e. The first-order valence-electron chi connectivity index (χ1n) is 4.73. The summed E-state index contributed by atoms with van der Waals surface area (Å²) in [5.74, 6) is 1.09. The Bertz CT molecular complexity index is 471. The van der Waals surface area contributed by atoms with Crippen molar-refractivity contribution in [3.8, 4) is 11.5 Å². The predicted octanol–water partition coefficient (Wildman–Crippen LogP) is 3.10. The Labute approximate surface area is 107 Å². The fourth-order valence-corrected chi connectivity index (χ4v) is 1.70. The summed E-state index contributed by atoms with van der Waals surface area (Å²) in [6.45, 7) is 1.43. The standard InChI is InChI=1S/C11H12BrNO4/c1-7(13(14)15)4-8-5-10(16-2)11(17-3)6-9(8)12/h4-6H,1-3H3. The topological polar surface area (TPSA) is 61.6 Å². The number of rotatable bonds is 4. The first-order valence-corrected chi connectivity index (χ1v) is 5.53. The molecule has 0 atom stereocenters. The van der Waals surface area contributed by atoms with Gasteiger partial charge in [-0.3, -0.25) is 10.1 Å². The van der Waals surface area contributed by atoms with Crippen molar-refractivity contribution in [1.29, 1.82) is 0 Å². The number of methoxy groups -OCH3 is 2. The van der Waals surface area contributed by atoms with Crippen LogP contribution in [0.15, 0.2) is 22.3 Å². The normalized spacial score (nSPS) is 11.2. The lowest BCUT2D eigenvalue weighted by atomic mass is 10.1. The summed E-state index contributed by atoms with van der Waals surface area (Å²) in [6, 6.07) is 3.38. The SMILES string of the molecule is COc1cc(Br)c(C=C(C)[N+](=O)[O-])cc1OC. The second-order valence-electron chi connectivity index (χ2n) is 3.27. The van der Waals surface area contributed by atoms with E-state index >= 15 is 0 Å². The molecule has 0 saturated heterocycles. The predicted molar refractivity (Wildman–Crippen MR) is 67.9 cm³/mol. The second kappa shape index (κ2) is 5.67. The van der Waals surface area contributed by atoms with Gasteiger partial charge in [0.05, 0.1) is 19.1 Å². The van der Waals surface area contributed by atoms with Crippen molar-refractivity contribution in [2.45, 2.75) is 6.92 Å². The van der Waals surface area contributed by atoms with Crippen molar-refractivity contribution in [3.05, 3.63) is 38.0 Å². The molecule has 0 aromatic heterocycles. The van der Waals surface area contributed by atoms with Gasteiger partial charge in [0, 0.05) is 17.5 Å². The molecule has 0 aliphatic carbocycles. The Morgan fingerprint density at radius 1 is 1.35 bits per heavy atom. The van der Waals surface area contributed by atoms with E-state index in [1.54, 1.807) is 12.1 Å². The molecule has 0 heterocycles.